The molecular formula is C24H24N2O4. The van der Waals surface area contributed by atoms with Crippen molar-refractivity contribution in [3.05, 3.63) is 83.4 Å². The van der Waals surface area contributed by atoms with E-state index < -0.39 is 0 Å². The number of nitrogens with zero attached hydrogens (tertiary/aromatic N) is 1. The molecule has 1 aliphatic rings. The molecule has 0 aliphatic carbocycles. The average molecular weight is 404 g/mol. The summed E-state index contributed by atoms with van der Waals surface area (Å²) in [4.78, 5) is 15.0. The molecular weight excluding hydrogens is 380 g/mol. The quantitative estimate of drug-likeness (QED) is 0.615. The van der Waals surface area contributed by atoms with E-state index in [0.29, 0.717) is 23.4 Å². The summed E-state index contributed by atoms with van der Waals surface area (Å²) < 4.78 is 11.3. The van der Waals surface area contributed by atoms with Gasteiger partial charge in [0, 0.05) is 16.9 Å². The molecule has 0 radical (unpaired) electrons. The lowest BCUT2D eigenvalue weighted by Crippen LogP contribution is -2.40. The van der Waals surface area contributed by atoms with Crippen LogP contribution in [-0.4, -0.2) is 30.8 Å². The van der Waals surface area contributed by atoms with Gasteiger partial charge in [-0.1, -0.05) is 36.4 Å². The van der Waals surface area contributed by atoms with Crippen molar-refractivity contribution in [2.75, 3.05) is 24.4 Å². The molecule has 0 fully saturated rings. The van der Waals surface area contributed by atoms with Gasteiger partial charge < -0.3 is 25.2 Å². The van der Waals surface area contributed by atoms with Gasteiger partial charge in [0.25, 0.3) is 5.91 Å². The molecule has 1 amide bonds. The van der Waals surface area contributed by atoms with Crippen molar-refractivity contribution in [1.82, 2.24) is 0 Å². The second-order valence-corrected chi connectivity index (χ2v) is 7.20. The second kappa shape index (κ2) is 8.47. The summed E-state index contributed by atoms with van der Waals surface area (Å²) in [6, 6.07) is 20.2. The minimum atomic E-state index is -0.318. The van der Waals surface area contributed by atoms with Gasteiger partial charge >= 0.3 is 0 Å². The highest BCUT2D eigenvalue weighted by Gasteiger charge is 2.34. The van der Waals surface area contributed by atoms with E-state index in [1.165, 1.54) is 0 Å². The molecule has 0 bridgehead atoms. The summed E-state index contributed by atoms with van der Waals surface area (Å²) in [5.74, 6) is 1.000. The number of carbonyl (C=O) groups excluding carboxylic acids is 1. The zero-order valence-corrected chi connectivity index (χ0v) is 16.7. The average Bonchev–Trinajstić information content (AvgIpc) is 3.16. The highest BCUT2D eigenvalue weighted by Crippen LogP contribution is 2.35. The van der Waals surface area contributed by atoms with Gasteiger partial charge in [-0.3, -0.25) is 4.79 Å². The molecule has 30 heavy (non-hydrogen) atoms. The van der Waals surface area contributed by atoms with Gasteiger partial charge in [0.05, 0.1) is 25.3 Å². The van der Waals surface area contributed by atoms with Crippen LogP contribution in [0.1, 0.15) is 21.5 Å². The number of para-hydroxylation sites is 2. The van der Waals surface area contributed by atoms with E-state index in [0.717, 1.165) is 22.6 Å². The predicted octanol–water partition coefficient (Wildman–Crippen LogP) is 3.42. The van der Waals surface area contributed by atoms with Gasteiger partial charge in [0.15, 0.2) is 0 Å². The maximum absolute atomic E-state index is 13.4. The first-order chi connectivity index (χ1) is 14.6. The normalized spacial score (nSPS) is 15.0. The highest BCUT2D eigenvalue weighted by molar-refractivity contribution is 6.11. The van der Waals surface area contributed by atoms with Gasteiger partial charge in [-0.25, -0.2) is 0 Å². The van der Waals surface area contributed by atoms with Crippen LogP contribution < -0.4 is 20.1 Å². The number of rotatable bonds is 6. The summed E-state index contributed by atoms with van der Waals surface area (Å²) in [6.45, 7) is 0.137. The molecule has 4 rings (SSSR count). The summed E-state index contributed by atoms with van der Waals surface area (Å²) in [5.41, 5.74) is 9.53. The lowest BCUT2D eigenvalue weighted by molar-refractivity contribution is 0.0968. The van der Waals surface area contributed by atoms with Crippen molar-refractivity contribution < 1.29 is 19.4 Å². The van der Waals surface area contributed by atoms with Crippen molar-refractivity contribution in [3.8, 4) is 11.5 Å². The molecule has 0 spiro atoms. The predicted molar refractivity (Wildman–Crippen MR) is 116 cm³/mol. The Morgan fingerprint density at radius 2 is 1.87 bits per heavy atom. The third kappa shape index (κ3) is 3.69. The van der Waals surface area contributed by atoms with Crippen LogP contribution in [0.5, 0.6) is 11.5 Å². The van der Waals surface area contributed by atoms with Gasteiger partial charge in [-0.05, 0) is 42.3 Å². The number of hydrogen-bond donors (Lipinski definition) is 2. The van der Waals surface area contributed by atoms with Gasteiger partial charge in [-0.2, -0.15) is 0 Å². The van der Waals surface area contributed by atoms with E-state index in [2.05, 4.69) is 0 Å². The van der Waals surface area contributed by atoms with Crippen LogP contribution in [-0.2, 0) is 13.0 Å². The van der Waals surface area contributed by atoms with Crippen LogP contribution in [0.2, 0.25) is 0 Å². The van der Waals surface area contributed by atoms with Crippen LogP contribution in [0.25, 0.3) is 0 Å². The Morgan fingerprint density at radius 3 is 2.60 bits per heavy atom. The minimum absolute atomic E-state index is 0.125. The number of nitrogen functional groups attached to an aromatic ring is 1. The Morgan fingerprint density at radius 1 is 1.13 bits per heavy atom. The number of hydrogen-bond acceptors (Lipinski definition) is 5. The fourth-order valence-corrected chi connectivity index (χ4v) is 3.82. The number of aliphatic hydroxyl groups is 1. The fourth-order valence-electron chi connectivity index (χ4n) is 3.82. The summed E-state index contributed by atoms with van der Waals surface area (Å²) >= 11 is 0. The number of amides is 1. The molecule has 0 saturated carbocycles. The van der Waals surface area contributed by atoms with Crippen LogP contribution in [0.3, 0.4) is 0 Å². The van der Waals surface area contributed by atoms with Crippen LogP contribution in [0.15, 0.2) is 66.7 Å². The standard InChI is InChI=1S/C24H24N2O4/c1-29-23-13-20(21(25)12-17(23)15-30-19-8-3-2-4-9-19)24(28)26-18(14-27)11-16-7-5-6-10-22(16)26/h2-10,12-13,18,27H,11,14-15,25H2,1H3/t18-/m1/s1. The van der Waals surface area contributed by atoms with Crippen LogP contribution in [0.4, 0.5) is 11.4 Å². The topological polar surface area (TPSA) is 85.0 Å². The Bertz CT molecular complexity index is 1050. The Labute approximate surface area is 175 Å². The molecule has 0 aromatic heterocycles. The lowest BCUT2D eigenvalue weighted by Gasteiger charge is -2.25. The number of benzene rings is 3. The zero-order valence-electron chi connectivity index (χ0n) is 16.7. The first-order valence-electron chi connectivity index (χ1n) is 9.79. The monoisotopic (exact) mass is 404 g/mol. The number of anilines is 2. The zero-order chi connectivity index (χ0) is 21.1. The van der Waals surface area contributed by atoms with Gasteiger partial charge in [-0.15, -0.1) is 0 Å². The molecule has 1 heterocycles. The molecule has 3 aromatic rings. The van der Waals surface area contributed by atoms with E-state index in [-0.39, 0.29) is 25.2 Å². The smallest absolute Gasteiger partial charge is 0.260 e. The highest BCUT2D eigenvalue weighted by atomic mass is 16.5. The summed E-state index contributed by atoms with van der Waals surface area (Å²) in [7, 11) is 1.55. The van der Waals surface area contributed by atoms with Crippen molar-refractivity contribution in [3.63, 3.8) is 0 Å². The van der Waals surface area contributed by atoms with Crippen molar-refractivity contribution in [2.45, 2.75) is 19.1 Å². The van der Waals surface area contributed by atoms with E-state index >= 15 is 0 Å². The third-order valence-electron chi connectivity index (χ3n) is 5.32. The van der Waals surface area contributed by atoms with E-state index in [1.54, 1.807) is 24.1 Å². The lowest BCUT2D eigenvalue weighted by atomic mass is 10.1. The molecule has 6 nitrogen and oxygen atoms in total. The largest absolute Gasteiger partial charge is 0.496 e. The summed E-state index contributed by atoms with van der Waals surface area (Å²) in [5, 5.41) is 9.83. The Balaban J connectivity index is 1.63. The number of nitrogens with two attached hydrogens (primary N) is 1. The van der Waals surface area contributed by atoms with E-state index in [9.17, 15) is 9.90 Å². The van der Waals surface area contributed by atoms with Gasteiger partial charge in [0.2, 0.25) is 0 Å². The van der Waals surface area contributed by atoms with Crippen LogP contribution >= 0.6 is 0 Å². The molecule has 154 valence electrons. The SMILES string of the molecule is COc1cc(C(=O)N2c3ccccc3C[C@@H]2CO)c(N)cc1COc1ccccc1. The maximum Gasteiger partial charge on any atom is 0.260 e. The van der Waals surface area contributed by atoms with Crippen molar-refractivity contribution in [1.29, 1.82) is 0 Å². The van der Waals surface area contributed by atoms with E-state index in [1.807, 2.05) is 54.6 Å². The first kappa shape index (κ1) is 19.8. The third-order valence-corrected chi connectivity index (χ3v) is 5.32. The number of fused-ring (bicyclic) bond motifs is 1. The Hall–Kier alpha value is -3.51. The van der Waals surface area contributed by atoms with E-state index in [4.69, 9.17) is 15.2 Å². The summed E-state index contributed by atoms with van der Waals surface area (Å²) in [6.07, 6.45) is 0.610. The molecule has 3 aromatic carbocycles. The number of carbonyl (C=O) groups is 1. The molecule has 0 unspecified atom stereocenters. The fraction of sp³-hybridized carbons (Fsp3) is 0.208. The first-order valence-corrected chi connectivity index (χ1v) is 9.79. The van der Waals surface area contributed by atoms with Crippen LogP contribution in [0, 0.1) is 0 Å². The van der Waals surface area contributed by atoms with Crippen molar-refractivity contribution in [2.24, 2.45) is 0 Å². The molecule has 1 aliphatic heterocycles. The Kier molecular flexibility index (Phi) is 5.59. The molecule has 0 saturated heterocycles. The van der Waals surface area contributed by atoms with Gasteiger partial charge in [0.1, 0.15) is 18.1 Å². The number of methoxy groups -OCH3 is 1. The number of aliphatic hydroxyl groups excluding tert-OH is 1. The molecule has 6 heteroatoms. The number of ether oxygens (including phenoxy) is 2. The molecule has 3 N–H and O–H groups in total. The second-order valence-electron chi connectivity index (χ2n) is 7.20. The molecule has 1 atom stereocenters. The van der Waals surface area contributed by atoms with Crippen molar-refractivity contribution >= 4 is 17.3 Å². The maximum atomic E-state index is 13.4. The minimum Gasteiger partial charge on any atom is -0.496 e.